The number of nitrogens with zero attached hydrogens (tertiary/aromatic N) is 3. The van der Waals surface area contributed by atoms with E-state index in [0.29, 0.717) is 43.0 Å². The fourth-order valence-electron chi connectivity index (χ4n) is 2.96. The van der Waals surface area contributed by atoms with Gasteiger partial charge in [0.2, 0.25) is 5.95 Å². The van der Waals surface area contributed by atoms with Gasteiger partial charge in [-0.25, -0.2) is 19.2 Å². The molecule has 0 radical (unpaired) electrons. The van der Waals surface area contributed by atoms with E-state index < -0.39 is 11.8 Å². The minimum absolute atomic E-state index is 0.0723. The molecule has 1 aliphatic heterocycles. The Morgan fingerprint density at radius 2 is 1.96 bits per heavy atom. The summed E-state index contributed by atoms with van der Waals surface area (Å²) in [7, 11) is 0. The van der Waals surface area contributed by atoms with Crippen molar-refractivity contribution in [3.8, 4) is 11.1 Å². The van der Waals surface area contributed by atoms with Gasteiger partial charge in [-0.1, -0.05) is 18.2 Å². The average Bonchev–Trinajstić information content (AvgIpc) is 2.67. The second-order valence-corrected chi connectivity index (χ2v) is 6.10. The third-order valence-corrected chi connectivity index (χ3v) is 4.37. The van der Waals surface area contributed by atoms with Crippen molar-refractivity contribution >= 4 is 11.9 Å². The third kappa shape index (κ3) is 4.14. The smallest absolute Gasteiger partial charge is 0.329 e. The van der Waals surface area contributed by atoms with Crippen LogP contribution in [0.1, 0.15) is 18.4 Å². The number of piperidine rings is 1. The average molecular weight is 361 g/mol. The standard InChI is InChI=1S/C18H20FN3O4/c19-17-12(10-23)2-1-3-15(17)13-8-20-18(21-9-13)22-6-4-14(5-7-22)26-11-16(24)25/h1-3,8-9,14,23H,4-7,10-11H2,(H,24,25). The molecule has 138 valence electrons. The molecule has 7 nitrogen and oxygen atoms in total. The Hall–Kier alpha value is -2.58. The molecule has 2 aromatic rings. The number of carbonyl (C=O) groups is 1. The van der Waals surface area contributed by atoms with Crippen LogP contribution in [0.4, 0.5) is 10.3 Å². The molecule has 0 aliphatic carbocycles. The molecule has 0 spiro atoms. The lowest BCUT2D eigenvalue weighted by atomic mass is 10.1. The summed E-state index contributed by atoms with van der Waals surface area (Å²) >= 11 is 0. The fraction of sp³-hybridized carbons (Fsp3) is 0.389. The first-order valence-corrected chi connectivity index (χ1v) is 8.37. The molecule has 1 fully saturated rings. The van der Waals surface area contributed by atoms with Crippen molar-refractivity contribution in [2.24, 2.45) is 0 Å². The highest BCUT2D eigenvalue weighted by molar-refractivity contribution is 5.68. The number of anilines is 1. The largest absolute Gasteiger partial charge is 0.480 e. The van der Waals surface area contributed by atoms with Gasteiger partial charge in [0, 0.05) is 42.2 Å². The third-order valence-electron chi connectivity index (χ3n) is 4.37. The van der Waals surface area contributed by atoms with Crippen LogP contribution >= 0.6 is 0 Å². The zero-order valence-corrected chi connectivity index (χ0v) is 14.1. The first-order chi connectivity index (χ1) is 12.6. The maximum absolute atomic E-state index is 14.3. The van der Waals surface area contributed by atoms with Crippen LogP contribution in [-0.2, 0) is 16.1 Å². The van der Waals surface area contributed by atoms with Crippen LogP contribution in [0.3, 0.4) is 0 Å². The number of carboxylic acid groups (broad SMARTS) is 1. The first-order valence-electron chi connectivity index (χ1n) is 8.37. The highest BCUT2D eigenvalue weighted by atomic mass is 19.1. The minimum Gasteiger partial charge on any atom is -0.480 e. The van der Waals surface area contributed by atoms with Crippen molar-refractivity contribution in [1.29, 1.82) is 0 Å². The summed E-state index contributed by atoms with van der Waals surface area (Å²) in [6, 6.07) is 4.84. The lowest BCUT2D eigenvalue weighted by molar-refractivity contribution is -0.144. The molecule has 1 aromatic heterocycles. The molecule has 3 rings (SSSR count). The highest BCUT2D eigenvalue weighted by Crippen LogP contribution is 2.25. The van der Waals surface area contributed by atoms with Crippen LogP contribution in [-0.4, -0.2) is 52.0 Å². The van der Waals surface area contributed by atoms with Crippen LogP contribution in [0.25, 0.3) is 11.1 Å². The van der Waals surface area contributed by atoms with Crippen molar-refractivity contribution in [2.75, 3.05) is 24.6 Å². The van der Waals surface area contributed by atoms with Gasteiger partial charge in [0.1, 0.15) is 12.4 Å². The molecule has 26 heavy (non-hydrogen) atoms. The van der Waals surface area contributed by atoms with E-state index in [-0.39, 0.29) is 24.9 Å². The van der Waals surface area contributed by atoms with E-state index in [2.05, 4.69) is 9.97 Å². The van der Waals surface area contributed by atoms with E-state index in [4.69, 9.17) is 9.84 Å². The number of carboxylic acids is 1. The zero-order valence-electron chi connectivity index (χ0n) is 14.1. The Morgan fingerprint density at radius 3 is 2.58 bits per heavy atom. The number of aromatic nitrogens is 2. The zero-order chi connectivity index (χ0) is 18.5. The van der Waals surface area contributed by atoms with Gasteiger partial charge in [0.05, 0.1) is 12.7 Å². The topological polar surface area (TPSA) is 95.8 Å². The fourth-order valence-corrected chi connectivity index (χ4v) is 2.96. The quantitative estimate of drug-likeness (QED) is 0.810. The summed E-state index contributed by atoms with van der Waals surface area (Å²) < 4.78 is 19.6. The number of rotatable bonds is 6. The molecular formula is C18H20FN3O4. The highest BCUT2D eigenvalue weighted by Gasteiger charge is 2.22. The van der Waals surface area contributed by atoms with Gasteiger partial charge in [-0.05, 0) is 12.8 Å². The molecule has 0 saturated carbocycles. The molecule has 1 saturated heterocycles. The number of hydrogen-bond acceptors (Lipinski definition) is 6. The van der Waals surface area contributed by atoms with E-state index in [1.165, 1.54) is 6.07 Å². The number of aliphatic hydroxyl groups is 1. The molecule has 0 unspecified atom stereocenters. The van der Waals surface area contributed by atoms with Crippen LogP contribution in [0, 0.1) is 5.82 Å². The van der Waals surface area contributed by atoms with Crippen LogP contribution in [0.5, 0.6) is 0 Å². The van der Waals surface area contributed by atoms with Gasteiger partial charge in [-0.3, -0.25) is 0 Å². The number of aliphatic carboxylic acids is 1. The Morgan fingerprint density at radius 1 is 1.27 bits per heavy atom. The molecule has 8 heteroatoms. The summed E-state index contributed by atoms with van der Waals surface area (Å²) in [5.41, 5.74) is 1.13. The van der Waals surface area contributed by atoms with Crippen molar-refractivity contribution in [3.63, 3.8) is 0 Å². The lowest BCUT2D eigenvalue weighted by Crippen LogP contribution is -2.38. The van der Waals surface area contributed by atoms with Gasteiger partial charge in [-0.2, -0.15) is 0 Å². The van der Waals surface area contributed by atoms with Crippen LogP contribution in [0.2, 0.25) is 0 Å². The predicted octanol–water partition coefficient (Wildman–Crippen LogP) is 1.84. The van der Waals surface area contributed by atoms with Gasteiger partial charge in [0.25, 0.3) is 0 Å². The summed E-state index contributed by atoms with van der Waals surface area (Å²) in [4.78, 5) is 21.2. The summed E-state index contributed by atoms with van der Waals surface area (Å²) in [5, 5.41) is 17.8. The predicted molar refractivity (Wildman–Crippen MR) is 92.2 cm³/mol. The van der Waals surface area contributed by atoms with Gasteiger partial charge in [0.15, 0.2) is 0 Å². The SMILES string of the molecule is O=C(O)COC1CCN(c2ncc(-c3cccc(CO)c3F)cn2)CC1. The Bertz CT molecular complexity index is 762. The number of aliphatic hydroxyl groups excluding tert-OH is 1. The normalized spacial score (nSPS) is 15.2. The summed E-state index contributed by atoms with van der Waals surface area (Å²) in [6.07, 6.45) is 4.46. The maximum Gasteiger partial charge on any atom is 0.329 e. The summed E-state index contributed by atoms with van der Waals surface area (Å²) in [5.74, 6) is -0.893. The van der Waals surface area contributed by atoms with Gasteiger partial charge in [-0.15, -0.1) is 0 Å². The molecule has 1 aliphatic rings. The number of hydrogen-bond donors (Lipinski definition) is 2. The maximum atomic E-state index is 14.3. The number of benzene rings is 1. The number of halogens is 1. The lowest BCUT2D eigenvalue weighted by Gasteiger charge is -2.31. The monoisotopic (exact) mass is 361 g/mol. The molecular weight excluding hydrogens is 341 g/mol. The van der Waals surface area contributed by atoms with E-state index >= 15 is 0 Å². The van der Waals surface area contributed by atoms with Crippen molar-refractivity contribution < 1.29 is 24.1 Å². The van der Waals surface area contributed by atoms with Crippen LogP contribution in [0.15, 0.2) is 30.6 Å². The minimum atomic E-state index is -0.969. The number of ether oxygens (including phenoxy) is 1. The van der Waals surface area contributed by atoms with Gasteiger partial charge < -0.3 is 19.8 Å². The molecule has 0 bridgehead atoms. The van der Waals surface area contributed by atoms with Gasteiger partial charge >= 0.3 is 5.97 Å². The molecule has 2 heterocycles. The Balaban J connectivity index is 1.65. The molecule has 2 N–H and O–H groups in total. The second kappa shape index (κ2) is 8.20. The van der Waals surface area contributed by atoms with E-state index in [1.807, 2.05) is 4.90 Å². The van der Waals surface area contributed by atoms with Crippen molar-refractivity contribution in [1.82, 2.24) is 9.97 Å². The summed E-state index contributed by atoms with van der Waals surface area (Å²) in [6.45, 7) is 0.682. The first kappa shape index (κ1) is 18.2. The Labute approximate surface area is 150 Å². The van der Waals surface area contributed by atoms with E-state index in [1.54, 1.807) is 24.5 Å². The van der Waals surface area contributed by atoms with E-state index in [9.17, 15) is 14.3 Å². The van der Waals surface area contributed by atoms with Crippen molar-refractivity contribution in [2.45, 2.75) is 25.6 Å². The Kier molecular flexibility index (Phi) is 5.75. The van der Waals surface area contributed by atoms with Crippen LogP contribution < -0.4 is 4.90 Å². The molecule has 0 amide bonds. The second-order valence-electron chi connectivity index (χ2n) is 6.10. The van der Waals surface area contributed by atoms with E-state index in [0.717, 1.165) is 0 Å². The molecule has 0 atom stereocenters. The van der Waals surface area contributed by atoms with Crippen molar-refractivity contribution in [3.05, 3.63) is 42.0 Å². The molecule has 1 aromatic carbocycles.